The summed E-state index contributed by atoms with van der Waals surface area (Å²) in [5, 5.41) is 2.84. The molecule has 0 unspecified atom stereocenters. The number of amides is 1. The van der Waals surface area contributed by atoms with E-state index in [2.05, 4.69) is 24.1 Å². The van der Waals surface area contributed by atoms with Crippen molar-refractivity contribution in [3.05, 3.63) is 36.9 Å². The van der Waals surface area contributed by atoms with Crippen LogP contribution in [0.1, 0.15) is 20.3 Å². The normalized spacial score (nSPS) is 10.8. The van der Waals surface area contributed by atoms with Crippen molar-refractivity contribution in [1.29, 1.82) is 0 Å². The number of carbonyl (C=O) groups is 1. The molecule has 1 amide bonds. The van der Waals surface area contributed by atoms with Crippen LogP contribution >= 0.6 is 0 Å². The quantitative estimate of drug-likeness (QED) is 0.794. The highest BCUT2D eigenvalue weighted by atomic mass is 16.5. The molecule has 0 radical (unpaired) electrons. The van der Waals surface area contributed by atoms with E-state index in [0.717, 1.165) is 11.3 Å². The molecule has 0 fully saturated rings. The molecule has 1 heterocycles. The average Bonchev–Trinajstić information content (AvgIpc) is 2.98. The van der Waals surface area contributed by atoms with E-state index >= 15 is 0 Å². The molecule has 0 bridgehead atoms. The molecule has 112 valence electrons. The van der Waals surface area contributed by atoms with Gasteiger partial charge in [-0.15, -0.1) is 0 Å². The van der Waals surface area contributed by atoms with Crippen LogP contribution < -0.4 is 5.32 Å². The maximum absolute atomic E-state index is 11.8. The van der Waals surface area contributed by atoms with Crippen LogP contribution in [0.3, 0.4) is 0 Å². The van der Waals surface area contributed by atoms with Crippen molar-refractivity contribution in [2.75, 3.05) is 18.5 Å². The summed E-state index contributed by atoms with van der Waals surface area (Å²) in [6, 6.07) is 7.44. The van der Waals surface area contributed by atoms with Crippen LogP contribution in [0.4, 0.5) is 5.69 Å². The smallest absolute Gasteiger partial charge is 0.226 e. The summed E-state index contributed by atoms with van der Waals surface area (Å²) in [7, 11) is 0. The maximum Gasteiger partial charge on any atom is 0.226 e. The number of ether oxygens (including phenoxy) is 1. The Hall–Kier alpha value is -2.14. The van der Waals surface area contributed by atoms with Crippen molar-refractivity contribution >= 4 is 11.6 Å². The first-order valence-electron chi connectivity index (χ1n) is 7.01. The lowest BCUT2D eigenvalue weighted by atomic mass is 10.1. The molecule has 2 aromatic rings. The van der Waals surface area contributed by atoms with Crippen LogP contribution in [0.2, 0.25) is 0 Å². The largest absolute Gasteiger partial charge is 0.444 e. The third-order valence-electron chi connectivity index (χ3n) is 2.81. The molecule has 1 aromatic heterocycles. The monoisotopic (exact) mass is 288 g/mol. The summed E-state index contributed by atoms with van der Waals surface area (Å²) < 4.78 is 10.6. The fourth-order valence-electron chi connectivity index (χ4n) is 1.78. The number of nitrogens with one attached hydrogen (secondary N) is 1. The topological polar surface area (TPSA) is 64.4 Å². The van der Waals surface area contributed by atoms with E-state index in [1.807, 2.05) is 24.3 Å². The van der Waals surface area contributed by atoms with E-state index in [9.17, 15) is 4.79 Å². The lowest BCUT2D eigenvalue weighted by Gasteiger charge is -2.08. The Morgan fingerprint density at radius 2 is 2.10 bits per heavy atom. The zero-order valence-corrected chi connectivity index (χ0v) is 12.3. The second-order valence-corrected chi connectivity index (χ2v) is 5.21. The minimum absolute atomic E-state index is 0.0498. The van der Waals surface area contributed by atoms with E-state index in [1.54, 1.807) is 6.20 Å². The molecule has 1 aromatic carbocycles. The van der Waals surface area contributed by atoms with Crippen LogP contribution in [0.5, 0.6) is 0 Å². The first-order valence-corrected chi connectivity index (χ1v) is 7.01. The molecular formula is C16H20N2O3. The van der Waals surface area contributed by atoms with Gasteiger partial charge < -0.3 is 14.5 Å². The summed E-state index contributed by atoms with van der Waals surface area (Å²) in [6.45, 7) is 5.28. The van der Waals surface area contributed by atoms with Gasteiger partial charge in [0.15, 0.2) is 12.2 Å². The second kappa shape index (κ2) is 7.59. The number of oxazole rings is 1. The Morgan fingerprint density at radius 1 is 1.33 bits per heavy atom. The number of nitrogens with zero attached hydrogens (tertiary/aromatic N) is 1. The lowest BCUT2D eigenvalue weighted by molar-refractivity contribution is -0.117. The third kappa shape index (κ3) is 5.04. The highest BCUT2D eigenvalue weighted by Gasteiger charge is 2.05. The highest BCUT2D eigenvalue weighted by Crippen LogP contribution is 2.20. The number of hydrogen-bond acceptors (Lipinski definition) is 4. The van der Waals surface area contributed by atoms with Crippen molar-refractivity contribution in [1.82, 2.24) is 4.98 Å². The number of rotatable bonds is 7. The van der Waals surface area contributed by atoms with E-state index in [4.69, 9.17) is 9.15 Å². The molecule has 0 saturated carbocycles. The predicted octanol–water partition coefficient (Wildman–Crippen LogP) is 3.34. The summed E-state index contributed by atoms with van der Waals surface area (Å²) >= 11 is 0. The van der Waals surface area contributed by atoms with Crippen molar-refractivity contribution in [2.24, 2.45) is 5.92 Å². The van der Waals surface area contributed by atoms with E-state index in [-0.39, 0.29) is 5.91 Å². The molecule has 1 N–H and O–H groups in total. The standard InChI is InChI=1S/C16H20N2O3/c1-12(2)10-20-8-7-16(19)18-14-5-3-13(4-6-14)15-9-17-11-21-15/h3-6,9,11-12H,7-8,10H2,1-2H3,(H,18,19). The maximum atomic E-state index is 11.8. The van der Waals surface area contributed by atoms with Gasteiger partial charge in [-0.2, -0.15) is 0 Å². The van der Waals surface area contributed by atoms with Gasteiger partial charge in [-0.25, -0.2) is 4.98 Å². The summed E-state index contributed by atoms with van der Waals surface area (Å²) in [4.78, 5) is 15.6. The number of carbonyl (C=O) groups excluding carboxylic acids is 1. The van der Waals surface area contributed by atoms with Gasteiger partial charge in [-0.05, 0) is 30.2 Å². The van der Waals surface area contributed by atoms with Gasteiger partial charge in [0.25, 0.3) is 0 Å². The SMILES string of the molecule is CC(C)COCCC(=O)Nc1ccc(-c2cnco2)cc1. The minimum Gasteiger partial charge on any atom is -0.444 e. The van der Waals surface area contributed by atoms with Gasteiger partial charge in [-0.3, -0.25) is 4.79 Å². The van der Waals surface area contributed by atoms with Crippen molar-refractivity contribution in [3.8, 4) is 11.3 Å². The Balaban J connectivity index is 1.79. The summed E-state index contributed by atoms with van der Waals surface area (Å²) in [6.07, 6.45) is 3.40. The van der Waals surface area contributed by atoms with Gasteiger partial charge >= 0.3 is 0 Å². The van der Waals surface area contributed by atoms with Crippen molar-refractivity contribution < 1.29 is 13.9 Å². The molecule has 21 heavy (non-hydrogen) atoms. The van der Waals surface area contributed by atoms with Crippen molar-refractivity contribution in [2.45, 2.75) is 20.3 Å². The fraction of sp³-hybridized carbons (Fsp3) is 0.375. The van der Waals surface area contributed by atoms with E-state index < -0.39 is 0 Å². The summed E-state index contributed by atoms with van der Waals surface area (Å²) in [5.74, 6) is 1.14. The highest BCUT2D eigenvalue weighted by molar-refractivity contribution is 5.90. The van der Waals surface area contributed by atoms with Gasteiger partial charge in [0, 0.05) is 17.9 Å². The second-order valence-electron chi connectivity index (χ2n) is 5.21. The lowest BCUT2D eigenvalue weighted by Crippen LogP contribution is -2.15. The van der Waals surface area contributed by atoms with Gasteiger partial charge in [0.05, 0.1) is 19.2 Å². The molecule has 0 aliphatic rings. The van der Waals surface area contributed by atoms with E-state index in [0.29, 0.717) is 31.3 Å². The summed E-state index contributed by atoms with van der Waals surface area (Å²) in [5.41, 5.74) is 1.68. The van der Waals surface area contributed by atoms with Gasteiger partial charge in [-0.1, -0.05) is 13.8 Å². The zero-order valence-electron chi connectivity index (χ0n) is 12.3. The van der Waals surface area contributed by atoms with Crippen LogP contribution in [-0.4, -0.2) is 24.1 Å². The molecular weight excluding hydrogens is 268 g/mol. The van der Waals surface area contributed by atoms with E-state index in [1.165, 1.54) is 6.39 Å². The molecule has 0 spiro atoms. The zero-order chi connectivity index (χ0) is 15.1. The third-order valence-corrected chi connectivity index (χ3v) is 2.81. The Labute approximate surface area is 124 Å². The van der Waals surface area contributed by atoms with Crippen LogP contribution in [0, 0.1) is 5.92 Å². The number of benzene rings is 1. The first-order chi connectivity index (χ1) is 10.1. The Morgan fingerprint density at radius 3 is 2.71 bits per heavy atom. The molecule has 0 atom stereocenters. The Bertz CT molecular complexity index is 547. The van der Waals surface area contributed by atoms with Crippen LogP contribution in [-0.2, 0) is 9.53 Å². The van der Waals surface area contributed by atoms with Gasteiger partial charge in [0.2, 0.25) is 5.91 Å². The van der Waals surface area contributed by atoms with Crippen LogP contribution in [0.15, 0.2) is 41.3 Å². The minimum atomic E-state index is -0.0498. The molecule has 2 rings (SSSR count). The number of hydrogen-bond donors (Lipinski definition) is 1. The first kappa shape index (κ1) is 15.3. The molecule has 0 saturated heterocycles. The number of anilines is 1. The Kier molecular flexibility index (Phi) is 5.51. The van der Waals surface area contributed by atoms with Gasteiger partial charge in [0.1, 0.15) is 0 Å². The number of aromatic nitrogens is 1. The predicted molar refractivity (Wildman–Crippen MR) is 80.8 cm³/mol. The average molecular weight is 288 g/mol. The molecule has 5 heteroatoms. The molecule has 5 nitrogen and oxygen atoms in total. The fourth-order valence-corrected chi connectivity index (χ4v) is 1.78. The molecule has 0 aliphatic heterocycles. The van der Waals surface area contributed by atoms with Crippen molar-refractivity contribution in [3.63, 3.8) is 0 Å². The van der Waals surface area contributed by atoms with Crippen LogP contribution in [0.25, 0.3) is 11.3 Å². The molecule has 0 aliphatic carbocycles.